The van der Waals surface area contributed by atoms with Gasteiger partial charge in [0.15, 0.2) is 0 Å². The highest BCUT2D eigenvalue weighted by Crippen LogP contribution is 2.29. The second-order valence-corrected chi connectivity index (χ2v) is 7.43. The maximum absolute atomic E-state index is 12.4. The predicted octanol–water partition coefficient (Wildman–Crippen LogP) is 1.78. The number of nitrogens with zero attached hydrogens (tertiary/aromatic N) is 2. The Morgan fingerprint density at radius 1 is 1.12 bits per heavy atom. The number of aromatic nitrogens is 2. The Labute approximate surface area is 182 Å². The van der Waals surface area contributed by atoms with Gasteiger partial charge in [0, 0.05) is 17.5 Å². The number of furan rings is 1. The van der Waals surface area contributed by atoms with Crippen LogP contribution in [-0.2, 0) is 16.0 Å². The van der Waals surface area contributed by atoms with Crippen molar-refractivity contribution in [1.82, 2.24) is 15.3 Å². The zero-order chi connectivity index (χ0) is 23.4. The molecule has 0 saturated carbocycles. The number of carbonyl (C=O) groups is 3. The van der Waals surface area contributed by atoms with Gasteiger partial charge < -0.3 is 31.4 Å². The number of aliphatic carboxylic acids is 2. The van der Waals surface area contributed by atoms with Gasteiger partial charge >= 0.3 is 11.9 Å². The predicted molar refractivity (Wildman–Crippen MR) is 115 cm³/mol. The van der Waals surface area contributed by atoms with Crippen LogP contribution in [0.1, 0.15) is 47.2 Å². The lowest BCUT2D eigenvalue weighted by Gasteiger charge is -2.15. The second-order valence-electron chi connectivity index (χ2n) is 7.43. The van der Waals surface area contributed by atoms with Crippen LogP contribution in [0.4, 0.5) is 11.8 Å². The molecule has 168 valence electrons. The molecule has 0 aliphatic rings. The molecule has 0 aliphatic carbocycles. The summed E-state index contributed by atoms with van der Waals surface area (Å²) >= 11 is 0. The minimum absolute atomic E-state index is 0.0333. The van der Waals surface area contributed by atoms with Crippen molar-refractivity contribution in [1.29, 1.82) is 0 Å². The first-order chi connectivity index (χ1) is 15.2. The summed E-state index contributed by atoms with van der Waals surface area (Å²) in [5, 5.41) is 20.9. The van der Waals surface area contributed by atoms with E-state index in [1.807, 2.05) is 6.92 Å². The van der Waals surface area contributed by atoms with Crippen molar-refractivity contribution >= 4 is 40.7 Å². The molecule has 0 fully saturated rings. The first kappa shape index (κ1) is 22.5. The van der Waals surface area contributed by atoms with Gasteiger partial charge in [0.05, 0.1) is 11.6 Å². The number of carboxylic acid groups (broad SMARTS) is 2. The summed E-state index contributed by atoms with van der Waals surface area (Å²) in [6, 6.07) is 5.43. The topological polar surface area (TPSA) is 195 Å². The van der Waals surface area contributed by atoms with Gasteiger partial charge in [-0.15, -0.1) is 0 Å². The van der Waals surface area contributed by atoms with E-state index in [-0.39, 0.29) is 36.1 Å². The average Bonchev–Trinajstić information content (AvgIpc) is 3.13. The van der Waals surface area contributed by atoms with Crippen LogP contribution in [0, 0.1) is 0 Å². The van der Waals surface area contributed by atoms with E-state index in [0.717, 1.165) is 11.1 Å². The van der Waals surface area contributed by atoms with E-state index in [0.29, 0.717) is 17.5 Å². The van der Waals surface area contributed by atoms with E-state index in [9.17, 15) is 19.5 Å². The molecule has 0 spiro atoms. The van der Waals surface area contributed by atoms with Crippen molar-refractivity contribution in [3.8, 4) is 0 Å². The minimum atomic E-state index is -1.29. The fraction of sp³-hybridized carbons (Fsp3) is 0.286. The Morgan fingerprint density at radius 2 is 1.81 bits per heavy atom. The number of carboxylic acids is 2. The number of nitrogen functional groups attached to an aromatic ring is 2. The van der Waals surface area contributed by atoms with E-state index in [2.05, 4.69) is 15.3 Å². The van der Waals surface area contributed by atoms with Gasteiger partial charge in [-0.05, 0) is 36.5 Å². The summed E-state index contributed by atoms with van der Waals surface area (Å²) < 4.78 is 5.44. The molecule has 0 unspecified atom stereocenters. The Kier molecular flexibility index (Phi) is 6.57. The lowest BCUT2D eigenvalue weighted by atomic mass is 9.93. The maximum Gasteiger partial charge on any atom is 0.326 e. The molecule has 1 amide bonds. The van der Waals surface area contributed by atoms with Gasteiger partial charge in [-0.1, -0.05) is 19.1 Å². The van der Waals surface area contributed by atoms with Gasteiger partial charge in [0.25, 0.3) is 5.91 Å². The monoisotopic (exact) mass is 441 g/mol. The quantitative estimate of drug-likeness (QED) is 0.326. The third kappa shape index (κ3) is 5.12. The number of fused-ring (bicyclic) bond motifs is 1. The van der Waals surface area contributed by atoms with Crippen LogP contribution in [0.15, 0.2) is 34.9 Å². The maximum atomic E-state index is 12.4. The fourth-order valence-electron chi connectivity index (χ4n) is 3.37. The highest BCUT2D eigenvalue weighted by atomic mass is 16.4. The second kappa shape index (κ2) is 9.33. The molecule has 0 saturated heterocycles. The zero-order valence-electron chi connectivity index (χ0n) is 17.2. The molecule has 2 atom stereocenters. The number of hydrogen-bond acceptors (Lipinski definition) is 8. The van der Waals surface area contributed by atoms with Crippen molar-refractivity contribution in [3.63, 3.8) is 0 Å². The van der Waals surface area contributed by atoms with Crippen LogP contribution in [0.25, 0.3) is 11.1 Å². The molecular weight excluding hydrogens is 418 g/mol. The zero-order valence-corrected chi connectivity index (χ0v) is 17.2. The first-order valence-electron chi connectivity index (χ1n) is 9.80. The van der Waals surface area contributed by atoms with Gasteiger partial charge in [-0.2, -0.15) is 9.97 Å². The number of benzene rings is 1. The number of carbonyl (C=O) groups excluding carboxylic acids is 1. The molecule has 3 rings (SSSR count). The molecule has 11 heteroatoms. The Balaban J connectivity index is 1.69. The first-order valence-corrected chi connectivity index (χ1v) is 9.80. The number of anilines is 2. The summed E-state index contributed by atoms with van der Waals surface area (Å²) in [6.07, 6.45) is 1.57. The molecule has 7 N–H and O–H groups in total. The summed E-state index contributed by atoms with van der Waals surface area (Å²) in [5.74, 6) is -2.71. The molecule has 32 heavy (non-hydrogen) atoms. The van der Waals surface area contributed by atoms with Crippen molar-refractivity contribution in [3.05, 3.63) is 47.2 Å². The molecule has 3 aromatic rings. The molecule has 1 aromatic carbocycles. The molecule has 11 nitrogen and oxygen atoms in total. The average molecular weight is 441 g/mol. The number of hydrogen-bond donors (Lipinski definition) is 5. The SMILES string of the molecule is C[C@H](Cc1coc2nc(N)nc(N)c12)c1ccc(C(=O)N[C@@H](CCC(=O)O)C(=O)O)cc1. The van der Waals surface area contributed by atoms with Crippen molar-refractivity contribution < 1.29 is 29.0 Å². The highest BCUT2D eigenvalue weighted by molar-refractivity contribution is 5.96. The van der Waals surface area contributed by atoms with Crippen LogP contribution >= 0.6 is 0 Å². The van der Waals surface area contributed by atoms with Crippen LogP contribution in [0.3, 0.4) is 0 Å². The molecule has 2 heterocycles. The lowest BCUT2D eigenvalue weighted by molar-refractivity contribution is -0.140. The smallest absolute Gasteiger partial charge is 0.326 e. The number of amides is 1. The number of rotatable bonds is 9. The number of nitrogens with one attached hydrogen (secondary N) is 1. The third-order valence-corrected chi connectivity index (χ3v) is 5.07. The van der Waals surface area contributed by atoms with Crippen LogP contribution < -0.4 is 16.8 Å². The third-order valence-electron chi connectivity index (χ3n) is 5.07. The Bertz CT molecular complexity index is 1160. The van der Waals surface area contributed by atoms with E-state index in [1.54, 1.807) is 30.5 Å². The van der Waals surface area contributed by atoms with Gasteiger partial charge in [-0.3, -0.25) is 9.59 Å². The van der Waals surface area contributed by atoms with Gasteiger partial charge in [-0.25, -0.2) is 4.79 Å². The molecule has 0 aliphatic heterocycles. The van der Waals surface area contributed by atoms with E-state index >= 15 is 0 Å². The summed E-state index contributed by atoms with van der Waals surface area (Å²) in [5.41, 5.74) is 13.9. The van der Waals surface area contributed by atoms with Crippen molar-refractivity contribution in [2.24, 2.45) is 0 Å². The summed E-state index contributed by atoms with van der Waals surface area (Å²) in [4.78, 5) is 42.3. The largest absolute Gasteiger partial charge is 0.481 e. The van der Waals surface area contributed by atoms with Crippen molar-refractivity contribution in [2.75, 3.05) is 11.5 Å². The van der Waals surface area contributed by atoms with Crippen LogP contribution in [-0.4, -0.2) is 44.1 Å². The molecule has 0 bridgehead atoms. The Hall–Kier alpha value is -4.15. The van der Waals surface area contributed by atoms with E-state index in [4.69, 9.17) is 21.0 Å². The summed E-state index contributed by atoms with van der Waals surface area (Å²) in [6.45, 7) is 1.99. The highest BCUT2D eigenvalue weighted by Gasteiger charge is 2.22. The summed E-state index contributed by atoms with van der Waals surface area (Å²) in [7, 11) is 0. The number of nitrogens with two attached hydrogens (primary N) is 2. The van der Waals surface area contributed by atoms with Gasteiger partial charge in [0.2, 0.25) is 11.7 Å². The standard InChI is InChI=1S/C21H23N5O6/c1-10(8-13-9-32-19-16(13)17(22)25-21(23)26-19)11-2-4-12(5-3-11)18(29)24-14(20(30)31)6-7-15(27)28/h2-5,9-10,14H,6-8H2,1H3,(H,24,29)(H,27,28)(H,30,31)(H4,22,23,25,26)/t10-,14+/m1/s1. The molecule has 0 radical (unpaired) electrons. The van der Waals surface area contributed by atoms with E-state index < -0.39 is 23.9 Å². The van der Waals surface area contributed by atoms with Crippen LogP contribution in [0.2, 0.25) is 0 Å². The molecular formula is C21H23N5O6. The lowest BCUT2D eigenvalue weighted by Crippen LogP contribution is -2.41. The molecule has 2 aromatic heterocycles. The van der Waals surface area contributed by atoms with Gasteiger partial charge in [0.1, 0.15) is 11.9 Å². The minimum Gasteiger partial charge on any atom is -0.481 e. The van der Waals surface area contributed by atoms with Crippen LogP contribution in [0.5, 0.6) is 0 Å². The van der Waals surface area contributed by atoms with E-state index in [1.165, 1.54) is 0 Å². The fourth-order valence-corrected chi connectivity index (χ4v) is 3.37. The van der Waals surface area contributed by atoms with Crippen molar-refractivity contribution in [2.45, 2.75) is 38.1 Å². The normalized spacial score (nSPS) is 12.9. The Morgan fingerprint density at radius 3 is 2.44 bits per heavy atom.